The van der Waals surface area contributed by atoms with Crippen LogP contribution in [0, 0.1) is 0 Å². The zero-order valence-corrected chi connectivity index (χ0v) is 22.1. The summed E-state index contributed by atoms with van der Waals surface area (Å²) in [6.45, 7) is 0. The average molecular weight is 532 g/mol. The summed E-state index contributed by atoms with van der Waals surface area (Å²) < 4.78 is 3.33. The third-order valence-corrected chi connectivity index (χ3v) is 8.19. The Balaban J connectivity index is 1.41. The molecule has 8 rings (SSSR count). The Morgan fingerprint density at radius 2 is 1.10 bits per heavy atom. The van der Waals surface area contributed by atoms with Gasteiger partial charge in [0.05, 0.1) is 21.3 Å². The fourth-order valence-electron chi connectivity index (χ4n) is 5.21. The first-order valence-corrected chi connectivity index (χ1v) is 13.9. The van der Waals surface area contributed by atoms with Crippen molar-refractivity contribution >= 4 is 43.4 Å². The molecule has 0 bridgehead atoms. The van der Waals surface area contributed by atoms with E-state index in [9.17, 15) is 0 Å². The van der Waals surface area contributed by atoms with Crippen LogP contribution in [-0.2, 0) is 0 Å². The Labute approximate surface area is 234 Å². The van der Waals surface area contributed by atoms with Gasteiger partial charge in [-0.15, -0.1) is 11.3 Å². The summed E-state index contributed by atoms with van der Waals surface area (Å²) in [6, 6.07) is 43.4. The number of fused-ring (bicyclic) bond motifs is 4. The predicted octanol–water partition coefficient (Wildman–Crippen LogP) is 8.58. The van der Waals surface area contributed by atoms with Crippen molar-refractivity contribution in [3.05, 3.63) is 127 Å². The largest absolute Gasteiger partial charge is 0.278 e. The first kappa shape index (κ1) is 22.8. The monoisotopic (exact) mass is 531 g/mol. The van der Waals surface area contributed by atoms with Crippen molar-refractivity contribution in [2.24, 2.45) is 0 Å². The van der Waals surface area contributed by atoms with Crippen LogP contribution in [0.15, 0.2) is 127 Å². The van der Waals surface area contributed by atoms with Gasteiger partial charge in [-0.25, -0.2) is 9.97 Å². The second-order valence-corrected chi connectivity index (χ2v) is 10.6. The van der Waals surface area contributed by atoms with Crippen LogP contribution in [0.3, 0.4) is 0 Å². The van der Waals surface area contributed by atoms with Gasteiger partial charge in [-0.1, -0.05) is 103 Å². The maximum Gasteiger partial charge on any atom is 0.238 e. The number of benzene rings is 5. The zero-order chi connectivity index (χ0) is 26.5. The van der Waals surface area contributed by atoms with E-state index in [2.05, 4.69) is 65.2 Å². The van der Waals surface area contributed by atoms with Gasteiger partial charge in [0.2, 0.25) is 5.95 Å². The fourth-order valence-corrected chi connectivity index (χ4v) is 6.17. The number of thiazole rings is 1. The molecule has 5 nitrogen and oxygen atoms in total. The Morgan fingerprint density at radius 3 is 1.82 bits per heavy atom. The minimum Gasteiger partial charge on any atom is -0.278 e. The molecule has 0 aliphatic rings. The van der Waals surface area contributed by atoms with Gasteiger partial charge in [0, 0.05) is 27.5 Å². The highest BCUT2D eigenvalue weighted by Crippen LogP contribution is 2.37. The topological polar surface area (TPSA) is 56.5 Å². The van der Waals surface area contributed by atoms with Gasteiger partial charge >= 0.3 is 0 Å². The van der Waals surface area contributed by atoms with Crippen LogP contribution in [0.1, 0.15) is 0 Å². The molecule has 0 aliphatic carbocycles. The summed E-state index contributed by atoms with van der Waals surface area (Å²) in [7, 11) is 0. The van der Waals surface area contributed by atoms with E-state index in [4.69, 9.17) is 19.9 Å². The molecule has 0 fully saturated rings. The molecule has 0 unspecified atom stereocenters. The lowest BCUT2D eigenvalue weighted by atomic mass is 10.1. The van der Waals surface area contributed by atoms with Gasteiger partial charge in [-0.3, -0.25) is 4.57 Å². The van der Waals surface area contributed by atoms with Crippen LogP contribution in [0.4, 0.5) is 0 Å². The first-order chi connectivity index (χ1) is 19.8. The lowest BCUT2D eigenvalue weighted by Crippen LogP contribution is -2.06. The quantitative estimate of drug-likeness (QED) is 0.228. The summed E-state index contributed by atoms with van der Waals surface area (Å²) >= 11 is 1.71. The first-order valence-electron chi connectivity index (χ1n) is 13.1. The van der Waals surface area contributed by atoms with Gasteiger partial charge in [0.25, 0.3) is 0 Å². The van der Waals surface area contributed by atoms with Crippen LogP contribution in [0.5, 0.6) is 0 Å². The zero-order valence-electron chi connectivity index (χ0n) is 21.3. The summed E-state index contributed by atoms with van der Waals surface area (Å²) in [5.41, 5.74) is 6.04. The second-order valence-electron chi connectivity index (χ2n) is 9.59. The van der Waals surface area contributed by atoms with Crippen molar-refractivity contribution in [3.63, 3.8) is 0 Å². The molecule has 3 heterocycles. The Kier molecular flexibility index (Phi) is 5.24. The van der Waals surface area contributed by atoms with Crippen molar-refractivity contribution in [1.29, 1.82) is 0 Å². The maximum atomic E-state index is 5.04. The molecular formula is C34H21N5S. The molecule has 0 saturated carbocycles. The summed E-state index contributed by atoms with van der Waals surface area (Å²) in [5.74, 6) is 1.86. The van der Waals surface area contributed by atoms with Crippen molar-refractivity contribution in [1.82, 2.24) is 24.5 Å². The maximum absolute atomic E-state index is 5.04. The van der Waals surface area contributed by atoms with E-state index in [1.54, 1.807) is 11.3 Å². The van der Waals surface area contributed by atoms with E-state index < -0.39 is 0 Å². The molecular weight excluding hydrogens is 510 g/mol. The average Bonchev–Trinajstić information content (AvgIpc) is 3.61. The van der Waals surface area contributed by atoms with Gasteiger partial charge in [-0.05, 0) is 24.3 Å². The van der Waals surface area contributed by atoms with E-state index in [0.717, 1.165) is 49.0 Å². The minimum absolute atomic E-state index is 0.584. The van der Waals surface area contributed by atoms with Crippen molar-refractivity contribution in [3.8, 4) is 39.3 Å². The van der Waals surface area contributed by atoms with Crippen LogP contribution < -0.4 is 0 Å². The molecule has 0 spiro atoms. The van der Waals surface area contributed by atoms with E-state index in [1.807, 2.05) is 66.7 Å². The molecule has 3 aromatic heterocycles. The van der Waals surface area contributed by atoms with Gasteiger partial charge < -0.3 is 0 Å². The second kappa shape index (κ2) is 9.22. The minimum atomic E-state index is 0.584. The van der Waals surface area contributed by atoms with Crippen molar-refractivity contribution in [2.75, 3.05) is 0 Å². The number of hydrogen-bond donors (Lipinski definition) is 0. The number of nitrogens with zero attached hydrogens (tertiary/aromatic N) is 5. The van der Waals surface area contributed by atoms with Gasteiger partial charge in [-0.2, -0.15) is 9.97 Å². The van der Waals surface area contributed by atoms with E-state index >= 15 is 0 Å². The molecule has 6 heteroatoms. The van der Waals surface area contributed by atoms with Crippen LogP contribution >= 0.6 is 11.3 Å². The highest BCUT2D eigenvalue weighted by atomic mass is 32.1. The smallest absolute Gasteiger partial charge is 0.238 e. The fraction of sp³-hybridized carbons (Fsp3) is 0. The van der Waals surface area contributed by atoms with E-state index in [0.29, 0.717) is 17.6 Å². The van der Waals surface area contributed by atoms with Crippen LogP contribution in [0.25, 0.3) is 71.3 Å². The van der Waals surface area contributed by atoms with Gasteiger partial charge in [0.15, 0.2) is 11.6 Å². The summed E-state index contributed by atoms with van der Waals surface area (Å²) in [4.78, 5) is 19.9. The van der Waals surface area contributed by atoms with E-state index in [1.165, 1.54) is 4.70 Å². The Hall–Kier alpha value is -5.20. The van der Waals surface area contributed by atoms with Crippen molar-refractivity contribution < 1.29 is 0 Å². The number of para-hydroxylation sites is 2. The molecule has 0 N–H and O–H groups in total. The highest BCUT2D eigenvalue weighted by molar-refractivity contribution is 7.21. The molecule has 0 amide bonds. The summed E-state index contributed by atoms with van der Waals surface area (Å²) in [6.07, 6.45) is 0. The lowest BCUT2D eigenvalue weighted by Gasteiger charge is -2.11. The lowest BCUT2D eigenvalue weighted by molar-refractivity contribution is 0.953. The molecule has 0 aliphatic heterocycles. The molecule has 5 aromatic carbocycles. The standard InChI is InChI=1S/C34H21N5S/c1-3-11-22(12-4-1)31-36-32(23-13-5-2-6-14-23)38-34(37-31)39-28-17-9-7-15-25(28)26-20-19-24(21-29(26)39)33-35-27-16-8-10-18-30(27)40-33/h1-21H. The normalized spacial score (nSPS) is 11.5. The highest BCUT2D eigenvalue weighted by Gasteiger charge is 2.18. The van der Waals surface area contributed by atoms with Crippen LogP contribution in [-0.4, -0.2) is 24.5 Å². The molecule has 0 saturated heterocycles. The molecule has 8 aromatic rings. The number of hydrogen-bond acceptors (Lipinski definition) is 5. The third-order valence-electron chi connectivity index (χ3n) is 7.10. The van der Waals surface area contributed by atoms with Gasteiger partial charge in [0.1, 0.15) is 5.01 Å². The molecule has 40 heavy (non-hydrogen) atoms. The number of rotatable bonds is 4. The molecule has 0 atom stereocenters. The number of aromatic nitrogens is 5. The Bertz CT molecular complexity index is 2070. The predicted molar refractivity (Wildman–Crippen MR) is 164 cm³/mol. The SMILES string of the molecule is c1ccc(-c2nc(-c3ccccc3)nc(-n3c4ccccc4c4ccc(-c5nc6ccccc6s5)cc43)n2)cc1. The summed E-state index contributed by atoms with van der Waals surface area (Å²) in [5, 5.41) is 3.28. The van der Waals surface area contributed by atoms with Crippen molar-refractivity contribution in [2.45, 2.75) is 0 Å². The van der Waals surface area contributed by atoms with Crippen LogP contribution in [0.2, 0.25) is 0 Å². The van der Waals surface area contributed by atoms with E-state index in [-0.39, 0.29) is 0 Å². The molecule has 188 valence electrons. The molecule has 0 radical (unpaired) electrons. The Morgan fingerprint density at radius 1 is 0.475 bits per heavy atom. The third kappa shape index (κ3) is 3.77.